The third-order valence-electron chi connectivity index (χ3n) is 25.3. The maximum absolute atomic E-state index is 6.98. The maximum atomic E-state index is 6.98. The fourth-order valence-electron chi connectivity index (χ4n) is 17.2. The first-order valence-corrected chi connectivity index (χ1v) is 48.6. The topological polar surface area (TPSA) is 108 Å². The van der Waals surface area contributed by atoms with E-state index >= 15 is 0 Å². The van der Waals surface area contributed by atoms with Gasteiger partial charge in [0.15, 0.2) is 0 Å². The molecular weight excluding hydrogens is 1680 g/mol. The Morgan fingerprint density at radius 1 is 0.206 bits per heavy atom. The molecule has 0 aliphatic heterocycles. The molecule has 13 nitrogen and oxygen atoms in total. The molecule has 0 heterocycles. The Morgan fingerprint density at radius 2 is 0.404 bits per heavy atom. The van der Waals surface area contributed by atoms with Crippen molar-refractivity contribution in [3.05, 3.63) is 445 Å². The van der Waals surface area contributed by atoms with Gasteiger partial charge < -0.3 is 42.6 Å². The van der Waals surface area contributed by atoms with Crippen LogP contribution in [0.2, 0.25) is 0 Å². The minimum atomic E-state index is -0.705. The van der Waals surface area contributed by atoms with Gasteiger partial charge in [-0.1, -0.05) is 298 Å². The van der Waals surface area contributed by atoms with Crippen LogP contribution in [0.1, 0.15) is 253 Å². The van der Waals surface area contributed by atoms with Crippen LogP contribution in [0.25, 0.3) is 0 Å². The molecule has 0 radical (unpaired) electrons. The van der Waals surface area contributed by atoms with E-state index in [0.717, 1.165) is 104 Å². The van der Waals surface area contributed by atoms with Gasteiger partial charge in [-0.05, 0) is 284 Å². The molecule has 0 aliphatic carbocycles. The van der Waals surface area contributed by atoms with Crippen molar-refractivity contribution in [3.8, 4) is 51.7 Å². The van der Waals surface area contributed by atoms with Gasteiger partial charge in [0.25, 0.3) is 0 Å². The molecule has 0 spiro atoms. The molecule has 0 saturated carbocycles. The highest BCUT2D eigenvalue weighted by atomic mass is 16.7. The van der Waals surface area contributed by atoms with Crippen molar-refractivity contribution >= 4 is 0 Å². The zero-order valence-electron chi connectivity index (χ0n) is 82.8. The van der Waals surface area contributed by atoms with Crippen LogP contribution in [0.5, 0.6) is 51.7 Å². The lowest BCUT2D eigenvalue weighted by atomic mass is 9.71. The first-order chi connectivity index (χ1) is 65.7. The first kappa shape index (κ1) is 99.1. The summed E-state index contributed by atoms with van der Waals surface area (Å²) in [6, 6.07) is 116. The third-order valence-corrected chi connectivity index (χ3v) is 25.3. The summed E-state index contributed by atoms with van der Waals surface area (Å²) in [5.41, 5.74) is 20.7. The summed E-state index contributed by atoms with van der Waals surface area (Å²) in [4.78, 5) is 14.0. The molecule has 13 heteroatoms. The summed E-state index contributed by atoms with van der Waals surface area (Å²) in [6.07, 6.45) is 3.46. The van der Waals surface area contributed by atoms with Crippen molar-refractivity contribution in [2.75, 3.05) is 0 Å². The van der Waals surface area contributed by atoms with E-state index < -0.39 is 5.41 Å². The van der Waals surface area contributed by atoms with Gasteiger partial charge in [0.05, 0.1) is 12.1 Å². The monoisotopic (exact) mass is 1820 g/mol. The van der Waals surface area contributed by atoms with Crippen molar-refractivity contribution in [1.82, 2.24) is 10.1 Å². The molecule has 0 N–H and O–H groups in total. The van der Waals surface area contributed by atoms with Crippen molar-refractivity contribution in [2.24, 2.45) is 11.8 Å². The molecule has 0 fully saturated rings. The summed E-state index contributed by atoms with van der Waals surface area (Å²) in [5, 5.41) is 4.38. The van der Waals surface area contributed by atoms with Crippen LogP contribution in [0.3, 0.4) is 0 Å². The van der Waals surface area contributed by atoms with Crippen LogP contribution in [0.4, 0.5) is 0 Å². The summed E-state index contributed by atoms with van der Waals surface area (Å²) < 4.78 is 59.8. The van der Waals surface area contributed by atoms with Crippen molar-refractivity contribution < 1.29 is 52.3 Å². The number of aryl methyl sites for hydroxylation is 4. The molecule has 706 valence electrons. The molecular formula is C123H138N2O11. The van der Waals surface area contributed by atoms with Gasteiger partial charge in [-0.3, -0.25) is 9.68 Å². The Labute approximate surface area is 809 Å². The Morgan fingerprint density at radius 3 is 0.610 bits per heavy atom. The van der Waals surface area contributed by atoms with E-state index in [-0.39, 0.29) is 55.2 Å². The summed E-state index contributed by atoms with van der Waals surface area (Å²) >= 11 is 0. The lowest BCUT2D eigenvalue weighted by Gasteiger charge is -2.44. The van der Waals surface area contributed by atoms with E-state index in [1.807, 2.05) is 54.6 Å². The number of hydrogen-bond donors (Lipinski definition) is 0. The highest BCUT2D eigenvalue weighted by Crippen LogP contribution is 2.44. The molecule has 4 atom stereocenters. The van der Waals surface area contributed by atoms with Gasteiger partial charge in [-0.2, -0.15) is 10.1 Å². The summed E-state index contributed by atoms with van der Waals surface area (Å²) in [7, 11) is 0. The number of benzene rings is 14. The predicted octanol–water partition coefficient (Wildman–Crippen LogP) is 30.5. The number of ether oxygens (including phenoxy) is 9. The van der Waals surface area contributed by atoms with Crippen molar-refractivity contribution in [3.63, 3.8) is 0 Å². The Kier molecular flexibility index (Phi) is 34.3. The highest BCUT2D eigenvalue weighted by molar-refractivity contribution is 5.53. The Balaban J connectivity index is 0.724. The average Bonchev–Trinajstić information content (AvgIpc) is 0.769. The summed E-state index contributed by atoms with van der Waals surface area (Å²) in [5.74, 6) is 6.81. The van der Waals surface area contributed by atoms with E-state index in [2.05, 4.69) is 407 Å². The Bertz CT molecular complexity index is 5540. The van der Waals surface area contributed by atoms with Crippen molar-refractivity contribution in [1.29, 1.82) is 0 Å². The smallest absolute Gasteiger partial charge is 0.123 e. The zero-order chi connectivity index (χ0) is 95.7. The fraction of sp³-hybridized carbons (Fsp3) is 0.317. The van der Waals surface area contributed by atoms with Crippen LogP contribution >= 0.6 is 0 Å². The number of hydrogen-bond acceptors (Lipinski definition) is 13. The average molecular weight is 1820 g/mol. The van der Waals surface area contributed by atoms with Gasteiger partial charge in [0.1, 0.15) is 123 Å². The largest absolute Gasteiger partial charge is 0.489 e. The molecule has 0 aromatic heterocycles. The SMILES string of the molecule is CCc1ccc(COc2cc(COc3ccc(C(C)(c4ccc(OCc5cc(OCc6ccc(CC)cc6)cc(OCc6ccc(CC)cc6)c5)cc4)c4ccc(OCc5cc(OCc6ccc(C(C)ON(C(c7ccccc7)C(C)C)C(C)(C)C)cc6)cc(OCc6ccc(C(C)ON(C(c7ccccc7)C(C)C)C(C)(C)C)cc6)c5)cc4)cc3)cc(OCc3ccc(CC)cc3)c2)cc1. The minimum absolute atomic E-state index is 0.0510. The molecule has 0 amide bonds. The van der Waals surface area contributed by atoms with Crippen LogP contribution in [-0.2, 0) is 100 Å². The minimum Gasteiger partial charge on any atom is -0.489 e. The van der Waals surface area contributed by atoms with E-state index in [9.17, 15) is 0 Å². The van der Waals surface area contributed by atoms with E-state index in [1.54, 1.807) is 0 Å². The quantitative estimate of drug-likeness (QED) is 0.0267. The summed E-state index contributed by atoms with van der Waals surface area (Å²) in [6.45, 7) is 40.6. The van der Waals surface area contributed by atoms with Crippen LogP contribution in [0, 0.1) is 11.8 Å². The van der Waals surface area contributed by atoms with E-state index in [0.29, 0.717) is 103 Å². The highest BCUT2D eigenvalue weighted by Gasteiger charge is 2.38. The fourth-order valence-corrected chi connectivity index (χ4v) is 17.2. The van der Waals surface area contributed by atoms with Crippen LogP contribution in [0.15, 0.2) is 334 Å². The van der Waals surface area contributed by atoms with E-state index in [1.165, 1.54) is 33.4 Å². The van der Waals surface area contributed by atoms with Gasteiger partial charge >= 0.3 is 0 Å². The van der Waals surface area contributed by atoms with Crippen molar-refractivity contribution in [2.45, 2.75) is 244 Å². The second kappa shape index (κ2) is 47.1. The molecule has 14 aromatic carbocycles. The van der Waals surface area contributed by atoms with Crippen LogP contribution in [-0.4, -0.2) is 21.2 Å². The molecule has 0 aliphatic rings. The van der Waals surface area contributed by atoms with Gasteiger partial charge in [-0.25, -0.2) is 0 Å². The maximum Gasteiger partial charge on any atom is 0.123 e. The second-order valence-electron chi connectivity index (χ2n) is 38.6. The molecule has 0 bridgehead atoms. The molecule has 14 aromatic rings. The van der Waals surface area contributed by atoms with Gasteiger partial charge in [0.2, 0.25) is 0 Å². The Hall–Kier alpha value is -12.9. The number of nitrogens with zero attached hydrogens (tertiary/aromatic N) is 2. The molecule has 14 rings (SSSR count). The molecule has 136 heavy (non-hydrogen) atoms. The zero-order valence-corrected chi connectivity index (χ0v) is 82.8. The van der Waals surface area contributed by atoms with Gasteiger partial charge in [-0.15, -0.1) is 0 Å². The standard InChI is InChI=1S/C123H138N2O11/c1-18-90-32-40-94(41-33-90)77-129-113-68-100(69-114(74-113)130-78-95-42-34-91(19-2)35-43-95)83-126-110-62-56-107(57-63-110)123(17,108-58-64-111(65-59-108)127-84-101-70-115(131-79-96-44-36-92(20-3)37-45-96)75-116(71-101)132-80-97-46-38-93(21-4)39-47-97)109-60-66-112(67-61-109)128-85-102-72-117(133-81-98-48-52-103(53-49-98)88(9)135-124(121(11,12)13)119(86(5)6)105-28-24-22-25-29-105)76-118(73-102)134-82-99-50-54-104(55-51-99)89(10)136-125(122(14,15)16)120(87(7)8)106-30-26-23-27-31-106/h22-76,86-89,119-120H,18-21,77-85H2,1-17H3. The lowest BCUT2D eigenvalue weighted by Crippen LogP contribution is -2.46. The molecule has 4 unspecified atom stereocenters. The van der Waals surface area contributed by atoms with Gasteiger partial charge in [0, 0.05) is 34.7 Å². The predicted molar refractivity (Wildman–Crippen MR) is 550 cm³/mol. The normalized spacial score (nSPS) is 12.7. The third kappa shape index (κ3) is 27.5. The number of hydroxylamine groups is 4. The second-order valence-corrected chi connectivity index (χ2v) is 38.6. The van der Waals surface area contributed by atoms with Crippen LogP contribution < -0.4 is 42.6 Å². The number of rotatable bonds is 46. The molecule has 0 saturated heterocycles. The van der Waals surface area contributed by atoms with E-state index in [4.69, 9.17) is 52.3 Å². The first-order valence-electron chi connectivity index (χ1n) is 48.6. The lowest BCUT2D eigenvalue weighted by molar-refractivity contribution is -0.272.